The maximum absolute atomic E-state index is 5.44. The summed E-state index contributed by atoms with van der Waals surface area (Å²) in [6.45, 7) is 8.14. The Morgan fingerprint density at radius 2 is 2.15 bits per heavy atom. The molecule has 1 fully saturated rings. The van der Waals surface area contributed by atoms with Crippen LogP contribution in [0.15, 0.2) is 18.5 Å². The highest BCUT2D eigenvalue weighted by Gasteiger charge is 2.17. The van der Waals surface area contributed by atoms with Crippen LogP contribution in [0, 0.1) is 5.92 Å². The molecule has 1 N–H and O–H groups in total. The van der Waals surface area contributed by atoms with E-state index in [1.807, 2.05) is 12.4 Å². The van der Waals surface area contributed by atoms with Crippen LogP contribution in [0.2, 0.25) is 0 Å². The highest BCUT2D eigenvalue weighted by molar-refractivity contribution is 5.51. The molecule has 0 amide bonds. The Morgan fingerprint density at radius 1 is 1.40 bits per heavy atom. The van der Waals surface area contributed by atoms with Gasteiger partial charge in [0.15, 0.2) is 0 Å². The molecule has 1 aliphatic rings. The van der Waals surface area contributed by atoms with Crippen molar-refractivity contribution in [3.8, 4) is 0 Å². The Labute approximate surface area is 122 Å². The molecule has 112 valence electrons. The zero-order valence-electron chi connectivity index (χ0n) is 12.9. The van der Waals surface area contributed by atoms with Crippen LogP contribution in [0.5, 0.6) is 0 Å². The van der Waals surface area contributed by atoms with Crippen molar-refractivity contribution in [2.24, 2.45) is 5.92 Å². The van der Waals surface area contributed by atoms with E-state index in [1.54, 1.807) is 0 Å². The van der Waals surface area contributed by atoms with E-state index >= 15 is 0 Å². The van der Waals surface area contributed by atoms with Gasteiger partial charge in [-0.25, -0.2) is 0 Å². The molecule has 2 heterocycles. The van der Waals surface area contributed by atoms with Gasteiger partial charge in [0.2, 0.25) is 0 Å². The standard InChI is InChI=1S/C16H27N3O/c1-13(2)18-11-15-10-17-7-4-16(15)19(3)12-14-5-8-20-9-6-14/h4,7,10,13-14,18H,5-6,8-9,11-12H2,1-3H3. The fourth-order valence-corrected chi connectivity index (χ4v) is 2.66. The lowest BCUT2D eigenvalue weighted by Crippen LogP contribution is -2.31. The Hall–Kier alpha value is -1.13. The first-order valence-electron chi connectivity index (χ1n) is 7.62. The Balaban J connectivity index is 1.98. The van der Waals surface area contributed by atoms with E-state index in [0.717, 1.165) is 32.2 Å². The second kappa shape index (κ2) is 7.60. The summed E-state index contributed by atoms with van der Waals surface area (Å²) in [5, 5.41) is 3.47. The second-order valence-electron chi connectivity index (χ2n) is 5.98. The van der Waals surface area contributed by atoms with Gasteiger partial charge in [-0.2, -0.15) is 0 Å². The molecule has 2 rings (SSSR count). The van der Waals surface area contributed by atoms with E-state index in [-0.39, 0.29) is 0 Å². The quantitative estimate of drug-likeness (QED) is 0.866. The number of nitrogens with zero attached hydrogens (tertiary/aromatic N) is 2. The molecule has 0 spiro atoms. The summed E-state index contributed by atoms with van der Waals surface area (Å²) < 4.78 is 5.44. The van der Waals surface area contributed by atoms with E-state index in [0.29, 0.717) is 6.04 Å². The normalized spacial score (nSPS) is 16.6. The van der Waals surface area contributed by atoms with Gasteiger partial charge in [0.25, 0.3) is 0 Å². The fraction of sp³-hybridized carbons (Fsp3) is 0.688. The van der Waals surface area contributed by atoms with Gasteiger partial charge in [-0.15, -0.1) is 0 Å². The van der Waals surface area contributed by atoms with Crippen molar-refractivity contribution in [3.63, 3.8) is 0 Å². The molecule has 1 aliphatic heterocycles. The lowest BCUT2D eigenvalue weighted by atomic mass is 9.99. The smallest absolute Gasteiger partial charge is 0.0469 e. The molecule has 0 radical (unpaired) electrons. The number of nitrogens with one attached hydrogen (secondary N) is 1. The number of hydrogen-bond acceptors (Lipinski definition) is 4. The third kappa shape index (κ3) is 4.46. The monoisotopic (exact) mass is 277 g/mol. The topological polar surface area (TPSA) is 37.4 Å². The van der Waals surface area contributed by atoms with Crippen LogP contribution < -0.4 is 10.2 Å². The maximum atomic E-state index is 5.44. The molecular weight excluding hydrogens is 250 g/mol. The second-order valence-corrected chi connectivity index (χ2v) is 5.98. The number of rotatable bonds is 6. The Kier molecular flexibility index (Phi) is 5.80. The number of ether oxygens (including phenoxy) is 1. The lowest BCUT2D eigenvalue weighted by Gasteiger charge is -2.29. The number of anilines is 1. The van der Waals surface area contributed by atoms with Crippen LogP contribution in [-0.4, -0.2) is 37.8 Å². The van der Waals surface area contributed by atoms with Gasteiger partial charge in [-0.05, 0) is 24.8 Å². The molecule has 0 saturated carbocycles. The molecular formula is C16H27N3O. The van der Waals surface area contributed by atoms with Gasteiger partial charge in [-0.3, -0.25) is 4.98 Å². The van der Waals surface area contributed by atoms with Gasteiger partial charge < -0.3 is 15.0 Å². The summed E-state index contributed by atoms with van der Waals surface area (Å²) in [6, 6.07) is 2.61. The van der Waals surface area contributed by atoms with Gasteiger partial charge in [0, 0.05) is 63.0 Å². The van der Waals surface area contributed by atoms with Crippen molar-refractivity contribution in [3.05, 3.63) is 24.0 Å². The summed E-state index contributed by atoms with van der Waals surface area (Å²) in [5.41, 5.74) is 2.57. The van der Waals surface area contributed by atoms with Gasteiger partial charge in [0.05, 0.1) is 0 Å². The molecule has 0 bridgehead atoms. The first-order valence-corrected chi connectivity index (χ1v) is 7.62. The fourth-order valence-electron chi connectivity index (χ4n) is 2.66. The van der Waals surface area contributed by atoms with E-state index < -0.39 is 0 Å². The highest BCUT2D eigenvalue weighted by Crippen LogP contribution is 2.22. The van der Waals surface area contributed by atoms with Crippen LogP contribution in [0.25, 0.3) is 0 Å². The molecule has 20 heavy (non-hydrogen) atoms. The zero-order valence-corrected chi connectivity index (χ0v) is 12.9. The summed E-state index contributed by atoms with van der Waals surface area (Å²) in [4.78, 5) is 6.64. The molecule has 1 aromatic heterocycles. The van der Waals surface area contributed by atoms with Crippen molar-refractivity contribution in [2.75, 3.05) is 31.7 Å². The predicted octanol–water partition coefficient (Wildman–Crippen LogP) is 2.44. The minimum atomic E-state index is 0.490. The van der Waals surface area contributed by atoms with Crippen molar-refractivity contribution in [1.82, 2.24) is 10.3 Å². The van der Waals surface area contributed by atoms with E-state index in [1.165, 1.54) is 24.1 Å². The largest absolute Gasteiger partial charge is 0.381 e. The number of pyridine rings is 1. The summed E-state index contributed by atoms with van der Waals surface area (Å²) in [7, 11) is 2.18. The SMILES string of the molecule is CC(C)NCc1cnccc1N(C)CC1CCOCC1. The van der Waals surface area contributed by atoms with Crippen molar-refractivity contribution < 1.29 is 4.74 Å². The third-order valence-electron chi connectivity index (χ3n) is 3.86. The summed E-state index contributed by atoms with van der Waals surface area (Å²) in [6.07, 6.45) is 6.21. The number of aromatic nitrogens is 1. The predicted molar refractivity (Wildman–Crippen MR) is 83.0 cm³/mol. The first-order chi connectivity index (χ1) is 9.66. The minimum Gasteiger partial charge on any atom is -0.381 e. The first kappa shape index (κ1) is 15.3. The molecule has 0 aliphatic carbocycles. The molecule has 0 atom stereocenters. The molecule has 4 nitrogen and oxygen atoms in total. The molecule has 0 aromatic carbocycles. The van der Waals surface area contributed by atoms with Crippen molar-refractivity contribution >= 4 is 5.69 Å². The highest BCUT2D eigenvalue weighted by atomic mass is 16.5. The van der Waals surface area contributed by atoms with Gasteiger partial charge in [0.1, 0.15) is 0 Å². The van der Waals surface area contributed by atoms with Crippen LogP contribution in [-0.2, 0) is 11.3 Å². The van der Waals surface area contributed by atoms with Crippen LogP contribution in [0.1, 0.15) is 32.3 Å². The summed E-state index contributed by atoms with van der Waals surface area (Å²) in [5.74, 6) is 0.743. The third-order valence-corrected chi connectivity index (χ3v) is 3.86. The average molecular weight is 277 g/mol. The van der Waals surface area contributed by atoms with Gasteiger partial charge in [-0.1, -0.05) is 13.8 Å². The average Bonchev–Trinajstić information content (AvgIpc) is 2.46. The van der Waals surface area contributed by atoms with Crippen LogP contribution >= 0.6 is 0 Å². The Morgan fingerprint density at radius 3 is 2.85 bits per heavy atom. The Bertz CT molecular complexity index is 402. The minimum absolute atomic E-state index is 0.490. The molecule has 1 aromatic rings. The maximum Gasteiger partial charge on any atom is 0.0469 e. The van der Waals surface area contributed by atoms with Gasteiger partial charge >= 0.3 is 0 Å². The zero-order chi connectivity index (χ0) is 14.4. The van der Waals surface area contributed by atoms with E-state index in [9.17, 15) is 0 Å². The van der Waals surface area contributed by atoms with Crippen LogP contribution in [0.4, 0.5) is 5.69 Å². The van der Waals surface area contributed by atoms with Crippen LogP contribution in [0.3, 0.4) is 0 Å². The molecule has 4 heteroatoms. The molecule has 0 unspecified atom stereocenters. The van der Waals surface area contributed by atoms with Crippen molar-refractivity contribution in [1.29, 1.82) is 0 Å². The number of hydrogen-bond donors (Lipinski definition) is 1. The summed E-state index contributed by atoms with van der Waals surface area (Å²) >= 11 is 0. The van der Waals surface area contributed by atoms with Crippen molar-refractivity contribution in [2.45, 2.75) is 39.3 Å². The van der Waals surface area contributed by atoms with E-state index in [4.69, 9.17) is 4.74 Å². The lowest BCUT2D eigenvalue weighted by molar-refractivity contribution is 0.0685. The molecule has 1 saturated heterocycles. The van der Waals surface area contributed by atoms with E-state index in [2.05, 4.69) is 42.2 Å².